The van der Waals surface area contributed by atoms with Crippen molar-refractivity contribution >= 4 is 29.3 Å². The minimum absolute atomic E-state index is 0.0152. The van der Waals surface area contributed by atoms with E-state index in [0.29, 0.717) is 11.4 Å². The fourth-order valence-corrected chi connectivity index (χ4v) is 2.79. The van der Waals surface area contributed by atoms with Gasteiger partial charge in [0.15, 0.2) is 0 Å². The number of rotatable bonds is 4. The summed E-state index contributed by atoms with van der Waals surface area (Å²) >= 11 is 0. The van der Waals surface area contributed by atoms with E-state index in [1.54, 1.807) is 18.2 Å². The molecular weight excluding hydrogens is 307 g/mol. The number of nitrogens with zero attached hydrogens (tertiary/aromatic N) is 2. The third kappa shape index (κ3) is 2.60. The van der Waals surface area contributed by atoms with Crippen LogP contribution in [0.15, 0.2) is 18.2 Å². The maximum atomic E-state index is 12.5. The SMILES string of the molecule is COC(=O)[C@H]1CN(c2ccc3c(c2)CC(=O)N3CCF)C(=O)O1. The Kier molecular flexibility index (Phi) is 3.89. The summed E-state index contributed by atoms with van der Waals surface area (Å²) in [6.07, 6.45) is -1.46. The molecule has 1 aromatic rings. The van der Waals surface area contributed by atoms with Crippen LogP contribution in [0.1, 0.15) is 5.56 Å². The highest BCUT2D eigenvalue weighted by Gasteiger charge is 2.38. The Morgan fingerprint density at radius 3 is 2.91 bits per heavy atom. The number of methoxy groups -OCH3 is 1. The molecule has 2 amide bonds. The molecule has 0 N–H and O–H groups in total. The average molecular weight is 322 g/mol. The largest absolute Gasteiger partial charge is 0.466 e. The van der Waals surface area contributed by atoms with Crippen LogP contribution in [0, 0.1) is 0 Å². The predicted molar refractivity (Wildman–Crippen MR) is 78.1 cm³/mol. The highest BCUT2D eigenvalue weighted by atomic mass is 19.1. The van der Waals surface area contributed by atoms with Crippen molar-refractivity contribution < 1.29 is 28.2 Å². The maximum absolute atomic E-state index is 12.5. The molecule has 8 heteroatoms. The van der Waals surface area contributed by atoms with Gasteiger partial charge in [-0.1, -0.05) is 0 Å². The standard InChI is InChI=1S/C15H15FN2O5/c1-22-14(20)12-8-18(15(21)23-12)10-2-3-11-9(6-10)7-13(19)17(11)5-4-16/h2-3,6,12H,4-5,7-8H2,1H3/t12-/m1/s1. The zero-order valence-electron chi connectivity index (χ0n) is 12.5. The summed E-state index contributed by atoms with van der Waals surface area (Å²) in [5.74, 6) is -0.794. The number of ether oxygens (including phenoxy) is 2. The van der Waals surface area contributed by atoms with Gasteiger partial charge in [0.25, 0.3) is 0 Å². The molecule has 0 unspecified atom stereocenters. The van der Waals surface area contributed by atoms with Gasteiger partial charge >= 0.3 is 12.1 Å². The van der Waals surface area contributed by atoms with Crippen molar-refractivity contribution in [2.75, 3.05) is 36.7 Å². The lowest BCUT2D eigenvalue weighted by Crippen LogP contribution is -2.29. The third-order valence-corrected chi connectivity index (χ3v) is 3.89. The van der Waals surface area contributed by atoms with Crippen molar-refractivity contribution in [3.05, 3.63) is 23.8 Å². The Balaban J connectivity index is 1.84. The highest BCUT2D eigenvalue weighted by molar-refractivity contribution is 6.02. The lowest BCUT2D eigenvalue weighted by atomic mass is 10.1. The smallest absolute Gasteiger partial charge is 0.415 e. The Morgan fingerprint density at radius 2 is 2.22 bits per heavy atom. The van der Waals surface area contributed by atoms with Gasteiger partial charge in [-0.05, 0) is 23.8 Å². The first-order valence-electron chi connectivity index (χ1n) is 7.10. The molecule has 1 fully saturated rings. The number of halogens is 1. The second kappa shape index (κ2) is 5.86. The van der Waals surface area contributed by atoms with Crippen molar-refractivity contribution in [3.8, 4) is 0 Å². The summed E-state index contributed by atoms with van der Waals surface area (Å²) in [7, 11) is 1.22. The molecule has 0 radical (unpaired) electrons. The molecule has 1 atom stereocenters. The topological polar surface area (TPSA) is 76.2 Å². The summed E-state index contributed by atoms with van der Waals surface area (Å²) in [5.41, 5.74) is 1.89. The van der Waals surface area contributed by atoms with Crippen molar-refractivity contribution in [3.63, 3.8) is 0 Å². The van der Waals surface area contributed by atoms with Crippen molar-refractivity contribution in [2.45, 2.75) is 12.5 Å². The van der Waals surface area contributed by atoms with E-state index in [2.05, 4.69) is 4.74 Å². The minimum Gasteiger partial charge on any atom is -0.466 e. The van der Waals surface area contributed by atoms with Crippen LogP contribution in [0.2, 0.25) is 0 Å². The number of alkyl halides is 1. The Bertz CT molecular complexity index is 678. The highest BCUT2D eigenvalue weighted by Crippen LogP contribution is 2.33. The summed E-state index contributed by atoms with van der Waals surface area (Å²) in [4.78, 5) is 38.0. The number of carbonyl (C=O) groups is 3. The Morgan fingerprint density at radius 1 is 1.43 bits per heavy atom. The first kappa shape index (κ1) is 15.3. The van der Waals surface area contributed by atoms with Gasteiger partial charge < -0.3 is 14.4 Å². The van der Waals surface area contributed by atoms with E-state index in [4.69, 9.17) is 4.74 Å². The van der Waals surface area contributed by atoms with Gasteiger partial charge in [0.05, 0.1) is 26.6 Å². The minimum atomic E-state index is -0.967. The number of carbonyl (C=O) groups excluding carboxylic acids is 3. The second-order valence-electron chi connectivity index (χ2n) is 5.23. The van der Waals surface area contributed by atoms with E-state index < -0.39 is 24.8 Å². The maximum Gasteiger partial charge on any atom is 0.415 e. The molecule has 122 valence electrons. The zero-order chi connectivity index (χ0) is 16.6. The fourth-order valence-electron chi connectivity index (χ4n) is 2.79. The molecule has 1 saturated heterocycles. The molecule has 23 heavy (non-hydrogen) atoms. The van der Waals surface area contributed by atoms with E-state index >= 15 is 0 Å². The van der Waals surface area contributed by atoms with Crippen LogP contribution in [0.3, 0.4) is 0 Å². The van der Waals surface area contributed by atoms with Gasteiger partial charge in [-0.2, -0.15) is 0 Å². The molecule has 1 aromatic carbocycles. The first-order chi connectivity index (χ1) is 11.0. The number of benzene rings is 1. The molecule has 2 heterocycles. The van der Waals surface area contributed by atoms with E-state index in [9.17, 15) is 18.8 Å². The van der Waals surface area contributed by atoms with Crippen molar-refractivity contribution in [1.82, 2.24) is 0 Å². The number of esters is 1. The fraction of sp³-hybridized carbons (Fsp3) is 0.400. The molecule has 2 aliphatic heterocycles. The summed E-state index contributed by atoms with van der Waals surface area (Å²) < 4.78 is 22.1. The van der Waals surface area contributed by atoms with Crippen LogP contribution in [0.4, 0.5) is 20.6 Å². The zero-order valence-corrected chi connectivity index (χ0v) is 12.5. The lowest BCUT2D eigenvalue weighted by Gasteiger charge is -2.17. The molecule has 2 aliphatic rings. The lowest BCUT2D eigenvalue weighted by molar-refractivity contribution is -0.148. The second-order valence-corrected chi connectivity index (χ2v) is 5.23. The van der Waals surface area contributed by atoms with Gasteiger partial charge in [0, 0.05) is 11.4 Å². The van der Waals surface area contributed by atoms with Crippen LogP contribution in [0.25, 0.3) is 0 Å². The average Bonchev–Trinajstić information content (AvgIpc) is 3.07. The van der Waals surface area contributed by atoms with Crippen LogP contribution in [0.5, 0.6) is 0 Å². The monoisotopic (exact) mass is 322 g/mol. The predicted octanol–water partition coefficient (Wildman–Crippen LogP) is 1.04. The Hall–Kier alpha value is -2.64. The summed E-state index contributed by atoms with van der Waals surface area (Å²) in [6.45, 7) is -0.556. The number of hydrogen-bond donors (Lipinski definition) is 0. The number of anilines is 2. The van der Waals surface area contributed by atoms with Crippen molar-refractivity contribution in [2.24, 2.45) is 0 Å². The summed E-state index contributed by atoms with van der Waals surface area (Å²) in [5, 5.41) is 0. The first-order valence-corrected chi connectivity index (χ1v) is 7.10. The van der Waals surface area contributed by atoms with E-state index in [1.807, 2.05) is 0 Å². The molecule has 0 bridgehead atoms. The van der Waals surface area contributed by atoms with Crippen LogP contribution in [-0.2, 0) is 25.5 Å². The van der Waals surface area contributed by atoms with Gasteiger partial charge in [0.1, 0.15) is 6.67 Å². The number of fused-ring (bicyclic) bond motifs is 1. The van der Waals surface area contributed by atoms with E-state index in [0.717, 1.165) is 5.56 Å². The molecule has 0 aromatic heterocycles. The van der Waals surface area contributed by atoms with Crippen LogP contribution >= 0.6 is 0 Å². The number of cyclic esters (lactones) is 1. The molecule has 3 rings (SSSR count). The molecule has 7 nitrogen and oxygen atoms in total. The van der Waals surface area contributed by atoms with Crippen LogP contribution in [-0.4, -0.2) is 50.9 Å². The Labute approximate surface area is 131 Å². The van der Waals surface area contributed by atoms with Crippen molar-refractivity contribution in [1.29, 1.82) is 0 Å². The van der Waals surface area contributed by atoms with Gasteiger partial charge in [-0.25, -0.2) is 14.0 Å². The quantitative estimate of drug-likeness (QED) is 0.774. The third-order valence-electron chi connectivity index (χ3n) is 3.89. The van der Waals surface area contributed by atoms with Gasteiger partial charge in [-0.3, -0.25) is 9.69 Å². The summed E-state index contributed by atoms with van der Waals surface area (Å²) in [6, 6.07) is 5.00. The molecule has 0 spiro atoms. The van der Waals surface area contributed by atoms with Crippen LogP contribution < -0.4 is 9.80 Å². The van der Waals surface area contributed by atoms with Gasteiger partial charge in [-0.15, -0.1) is 0 Å². The normalized spacial score (nSPS) is 19.8. The molecular formula is C15H15FN2O5. The molecule has 0 aliphatic carbocycles. The number of amides is 2. The van der Waals surface area contributed by atoms with E-state index in [1.165, 1.54) is 16.9 Å². The van der Waals surface area contributed by atoms with Gasteiger partial charge in [0.2, 0.25) is 12.0 Å². The molecule has 0 saturated carbocycles. The van der Waals surface area contributed by atoms with E-state index in [-0.39, 0.29) is 25.4 Å². The number of hydrogen-bond acceptors (Lipinski definition) is 5.